The molecule has 1 saturated heterocycles. The molecule has 8 nitrogen and oxygen atoms in total. The summed E-state index contributed by atoms with van der Waals surface area (Å²) in [5.74, 6) is 0.518. The molecule has 1 unspecified atom stereocenters. The third-order valence-corrected chi connectivity index (χ3v) is 3.44. The Labute approximate surface area is 117 Å². The molecule has 0 radical (unpaired) electrons. The van der Waals surface area contributed by atoms with Crippen molar-refractivity contribution in [2.75, 3.05) is 29.9 Å². The Balaban J connectivity index is 2.43. The zero-order valence-electron chi connectivity index (χ0n) is 11.4. The second-order valence-corrected chi connectivity index (χ2v) is 4.71. The van der Waals surface area contributed by atoms with Gasteiger partial charge in [0, 0.05) is 13.1 Å². The number of aromatic nitrogens is 2. The highest BCUT2D eigenvalue weighted by atomic mass is 16.6. The molecule has 0 spiro atoms. The summed E-state index contributed by atoms with van der Waals surface area (Å²) >= 11 is 0. The van der Waals surface area contributed by atoms with E-state index in [4.69, 9.17) is 0 Å². The minimum atomic E-state index is -0.462. The number of nitrogens with zero attached hydrogens (tertiary/aromatic N) is 4. The van der Waals surface area contributed by atoms with Gasteiger partial charge in [-0.05, 0) is 26.2 Å². The van der Waals surface area contributed by atoms with Crippen molar-refractivity contribution in [2.24, 2.45) is 0 Å². The van der Waals surface area contributed by atoms with Gasteiger partial charge in [0.25, 0.3) is 0 Å². The van der Waals surface area contributed by atoms with Crippen molar-refractivity contribution in [3.05, 3.63) is 16.4 Å². The molecular formula is C12H19N5O3. The number of aliphatic hydroxyl groups excluding tert-OH is 1. The molecule has 1 atom stereocenters. The Morgan fingerprint density at radius 2 is 2.35 bits per heavy atom. The van der Waals surface area contributed by atoms with Gasteiger partial charge in [0.1, 0.15) is 6.33 Å². The summed E-state index contributed by atoms with van der Waals surface area (Å²) in [5, 5.41) is 23.7. The first-order valence-corrected chi connectivity index (χ1v) is 6.79. The molecule has 20 heavy (non-hydrogen) atoms. The molecule has 0 bridgehead atoms. The number of hydrogen-bond donors (Lipinski definition) is 2. The van der Waals surface area contributed by atoms with E-state index in [1.54, 1.807) is 0 Å². The second kappa shape index (κ2) is 6.47. The van der Waals surface area contributed by atoms with Gasteiger partial charge in [-0.3, -0.25) is 10.1 Å². The van der Waals surface area contributed by atoms with E-state index in [0.717, 1.165) is 19.3 Å². The van der Waals surface area contributed by atoms with Crippen LogP contribution in [0.25, 0.3) is 0 Å². The predicted molar refractivity (Wildman–Crippen MR) is 74.9 cm³/mol. The van der Waals surface area contributed by atoms with Crippen molar-refractivity contribution >= 4 is 17.3 Å². The van der Waals surface area contributed by atoms with E-state index >= 15 is 0 Å². The first-order valence-electron chi connectivity index (χ1n) is 6.79. The zero-order valence-corrected chi connectivity index (χ0v) is 11.4. The van der Waals surface area contributed by atoms with E-state index in [0.29, 0.717) is 18.9 Å². The van der Waals surface area contributed by atoms with Crippen molar-refractivity contribution < 1.29 is 10.0 Å². The van der Waals surface area contributed by atoms with E-state index in [1.165, 1.54) is 6.33 Å². The van der Waals surface area contributed by atoms with Crippen molar-refractivity contribution in [3.63, 3.8) is 0 Å². The smallest absolute Gasteiger partial charge is 0.353 e. The van der Waals surface area contributed by atoms with Crippen LogP contribution >= 0.6 is 0 Å². The lowest BCUT2D eigenvalue weighted by molar-refractivity contribution is -0.383. The van der Waals surface area contributed by atoms with Crippen LogP contribution in [0.5, 0.6) is 0 Å². The van der Waals surface area contributed by atoms with E-state index in [-0.39, 0.29) is 24.2 Å². The van der Waals surface area contributed by atoms with Crippen LogP contribution in [0.2, 0.25) is 0 Å². The maximum Gasteiger partial charge on any atom is 0.353 e. The molecule has 2 N–H and O–H groups in total. The number of anilines is 2. The van der Waals surface area contributed by atoms with Gasteiger partial charge in [-0.15, -0.1) is 0 Å². The molecule has 0 saturated carbocycles. The quantitative estimate of drug-likeness (QED) is 0.616. The number of piperidine rings is 1. The predicted octanol–water partition coefficient (Wildman–Crippen LogP) is 1.17. The fraction of sp³-hybridized carbons (Fsp3) is 0.667. The van der Waals surface area contributed by atoms with Crippen molar-refractivity contribution in [1.29, 1.82) is 0 Å². The molecule has 1 aliphatic heterocycles. The zero-order chi connectivity index (χ0) is 14.5. The summed E-state index contributed by atoms with van der Waals surface area (Å²) in [6.07, 6.45) is 4.09. The topological polar surface area (TPSA) is 104 Å². The lowest BCUT2D eigenvalue weighted by Gasteiger charge is -2.35. The van der Waals surface area contributed by atoms with Gasteiger partial charge < -0.3 is 15.3 Å². The monoisotopic (exact) mass is 281 g/mol. The normalized spacial score (nSPS) is 18.9. The van der Waals surface area contributed by atoms with Gasteiger partial charge in [0.2, 0.25) is 11.6 Å². The Bertz CT molecular complexity index is 482. The number of aliphatic hydroxyl groups is 1. The average molecular weight is 281 g/mol. The maximum absolute atomic E-state index is 11.4. The van der Waals surface area contributed by atoms with Gasteiger partial charge >= 0.3 is 5.69 Å². The van der Waals surface area contributed by atoms with Crippen LogP contribution in [0.15, 0.2) is 6.33 Å². The number of hydrogen-bond acceptors (Lipinski definition) is 7. The van der Waals surface area contributed by atoms with Crippen LogP contribution in [0.3, 0.4) is 0 Å². The number of nitrogens with one attached hydrogen (secondary N) is 1. The van der Waals surface area contributed by atoms with Crippen molar-refractivity contribution in [2.45, 2.75) is 32.2 Å². The maximum atomic E-state index is 11.4. The summed E-state index contributed by atoms with van der Waals surface area (Å²) in [5.41, 5.74) is -0.116. The molecule has 1 aromatic heterocycles. The Kier molecular flexibility index (Phi) is 4.67. The lowest BCUT2D eigenvalue weighted by Crippen LogP contribution is -2.42. The molecule has 2 heterocycles. The molecule has 110 valence electrons. The fourth-order valence-electron chi connectivity index (χ4n) is 2.51. The number of nitro groups is 1. The highest BCUT2D eigenvalue weighted by Gasteiger charge is 2.31. The Hall–Kier alpha value is -1.96. The molecule has 2 rings (SSSR count). The summed E-state index contributed by atoms with van der Waals surface area (Å²) in [7, 11) is 0. The van der Waals surface area contributed by atoms with Crippen LogP contribution < -0.4 is 10.2 Å². The molecule has 1 aromatic rings. The summed E-state index contributed by atoms with van der Waals surface area (Å²) in [6, 6.07) is -0.119. The molecular weight excluding hydrogens is 262 g/mol. The fourth-order valence-corrected chi connectivity index (χ4v) is 2.51. The lowest BCUT2D eigenvalue weighted by atomic mass is 10.0. The van der Waals surface area contributed by atoms with E-state index in [2.05, 4.69) is 15.3 Å². The van der Waals surface area contributed by atoms with Gasteiger partial charge in [0.05, 0.1) is 17.6 Å². The first-order chi connectivity index (χ1) is 9.69. The first kappa shape index (κ1) is 14.4. The highest BCUT2D eigenvalue weighted by molar-refractivity contribution is 5.70. The minimum absolute atomic E-state index is 0.0301. The Morgan fingerprint density at radius 3 is 3.00 bits per heavy atom. The van der Waals surface area contributed by atoms with E-state index in [9.17, 15) is 15.2 Å². The SMILES string of the molecule is CCNc1ncnc(N2CCCCC2CO)c1[N+](=O)[O-]. The number of rotatable bonds is 5. The second-order valence-electron chi connectivity index (χ2n) is 4.71. The third-order valence-electron chi connectivity index (χ3n) is 3.44. The summed E-state index contributed by atoms with van der Waals surface area (Å²) in [4.78, 5) is 20.7. The molecule has 0 aromatic carbocycles. The molecule has 0 aliphatic carbocycles. The minimum Gasteiger partial charge on any atom is -0.394 e. The summed E-state index contributed by atoms with van der Waals surface area (Å²) in [6.45, 7) is 3.02. The van der Waals surface area contributed by atoms with Gasteiger partial charge in [-0.1, -0.05) is 0 Å². The molecule has 0 amide bonds. The summed E-state index contributed by atoms with van der Waals surface area (Å²) < 4.78 is 0. The van der Waals surface area contributed by atoms with E-state index < -0.39 is 4.92 Å². The van der Waals surface area contributed by atoms with Crippen LogP contribution in [-0.4, -0.2) is 45.7 Å². The van der Waals surface area contributed by atoms with Crippen LogP contribution in [-0.2, 0) is 0 Å². The largest absolute Gasteiger partial charge is 0.394 e. The third kappa shape index (κ3) is 2.79. The van der Waals surface area contributed by atoms with Crippen LogP contribution in [0, 0.1) is 10.1 Å². The standard InChI is InChI=1S/C12H19N5O3/c1-2-13-11-10(17(19)20)12(15-8-14-11)16-6-4-3-5-9(16)7-18/h8-9,18H,2-7H2,1H3,(H,13,14,15). The van der Waals surface area contributed by atoms with Gasteiger partial charge in [-0.2, -0.15) is 0 Å². The van der Waals surface area contributed by atoms with Gasteiger partial charge in [0.15, 0.2) is 0 Å². The Morgan fingerprint density at radius 1 is 1.55 bits per heavy atom. The highest BCUT2D eigenvalue weighted by Crippen LogP contribution is 2.34. The van der Waals surface area contributed by atoms with E-state index in [1.807, 2.05) is 11.8 Å². The molecule has 8 heteroatoms. The van der Waals surface area contributed by atoms with Crippen molar-refractivity contribution in [1.82, 2.24) is 9.97 Å². The van der Waals surface area contributed by atoms with Crippen LogP contribution in [0.1, 0.15) is 26.2 Å². The van der Waals surface area contributed by atoms with Crippen LogP contribution in [0.4, 0.5) is 17.3 Å². The van der Waals surface area contributed by atoms with Crippen molar-refractivity contribution in [3.8, 4) is 0 Å². The molecule has 1 aliphatic rings. The average Bonchev–Trinajstić information content (AvgIpc) is 2.47. The van der Waals surface area contributed by atoms with Gasteiger partial charge in [-0.25, -0.2) is 9.97 Å². The molecule has 1 fully saturated rings.